The van der Waals surface area contributed by atoms with Crippen LogP contribution in [0.3, 0.4) is 0 Å². The van der Waals surface area contributed by atoms with Crippen molar-refractivity contribution >= 4 is 71.5 Å². The van der Waals surface area contributed by atoms with Gasteiger partial charge in [-0.3, -0.25) is 9.59 Å². The first-order chi connectivity index (χ1) is 21.3. The Bertz CT molecular complexity index is 2100. The van der Waals surface area contributed by atoms with E-state index < -0.39 is 0 Å². The first-order valence-corrected chi connectivity index (χ1v) is 15.0. The molecule has 220 valence electrons. The maximum Gasteiger partial charge on any atom is 0.282 e. The summed E-state index contributed by atoms with van der Waals surface area (Å²) in [5, 5.41) is 8.69. The molecule has 9 nitrogen and oxygen atoms in total. The monoisotopic (exact) mass is 714 g/mol. The van der Waals surface area contributed by atoms with Crippen LogP contribution in [0.4, 0.5) is 5.69 Å². The molecule has 0 atom stereocenters. The molecule has 2 heterocycles. The number of rotatable bonds is 8. The van der Waals surface area contributed by atoms with Gasteiger partial charge in [-0.1, -0.05) is 48.5 Å². The van der Waals surface area contributed by atoms with E-state index in [0.29, 0.717) is 53.9 Å². The van der Waals surface area contributed by atoms with Crippen molar-refractivity contribution in [3.05, 3.63) is 115 Å². The predicted octanol–water partition coefficient (Wildman–Crippen LogP) is 7.55. The van der Waals surface area contributed by atoms with Crippen molar-refractivity contribution in [1.29, 1.82) is 0 Å². The van der Waals surface area contributed by atoms with E-state index in [4.69, 9.17) is 18.9 Å². The van der Waals surface area contributed by atoms with Crippen molar-refractivity contribution in [2.24, 2.45) is 5.10 Å². The summed E-state index contributed by atoms with van der Waals surface area (Å²) in [7, 11) is 1.49. The zero-order valence-corrected chi connectivity index (χ0v) is 26.7. The largest absolute Gasteiger partial charge is 0.493 e. The van der Waals surface area contributed by atoms with Gasteiger partial charge in [0.2, 0.25) is 5.82 Å². The highest BCUT2D eigenvalue weighted by molar-refractivity contribution is 9.13. The molecular formula is C33H24Br2N4O5. The molecule has 6 aromatic rings. The molecule has 0 radical (unpaired) electrons. The molecule has 0 saturated carbocycles. The average Bonchev–Trinajstić information content (AvgIpc) is 3.47. The molecule has 11 heteroatoms. The van der Waals surface area contributed by atoms with Gasteiger partial charge in [0.05, 0.1) is 28.7 Å². The van der Waals surface area contributed by atoms with Gasteiger partial charge in [-0.05, 0) is 80.7 Å². The number of nitrogens with one attached hydrogen (secondary N) is 1. The van der Waals surface area contributed by atoms with E-state index in [1.165, 1.54) is 18.0 Å². The maximum atomic E-state index is 13.7. The summed E-state index contributed by atoms with van der Waals surface area (Å²) in [5.41, 5.74) is 3.05. The van der Waals surface area contributed by atoms with E-state index >= 15 is 0 Å². The first kappa shape index (κ1) is 29.3. The molecule has 44 heavy (non-hydrogen) atoms. The molecule has 0 bridgehead atoms. The molecule has 0 fully saturated rings. The van der Waals surface area contributed by atoms with Crippen molar-refractivity contribution in [3.63, 3.8) is 0 Å². The molecule has 0 aliphatic heterocycles. The molecule has 0 aliphatic rings. The Morgan fingerprint density at radius 3 is 2.57 bits per heavy atom. The normalized spacial score (nSPS) is 11.4. The number of hydrogen-bond acceptors (Lipinski definition) is 7. The third kappa shape index (κ3) is 5.76. The second-order valence-corrected chi connectivity index (χ2v) is 11.3. The molecule has 1 amide bonds. The Kier molecular flexibility index (Phi) is 8.32. The number of halogens is 2. The number of furan rings is 1. The van der Waals surface area contributed by atoms with E-state index in [1.54, 1.807) is 24.3 Å². The number of para-hydroxylation sites is 3. The van der Waals surface area contributed by atoms with Crippen LogP contribution < -0.4 is 20.3 Å². The highest BCUT2D eigenvalue weighted by Gasteiger charge is 2.20. The van der Waals surface area contributed by atoms with Gasteiger partial charge >= 0.3 is 0 Å². The number of nitrogens with zero attached hydrogens (tertiary/aromatic N) is 3. The fraction of sp³-hybridized carbons (Fsp3) is 0.0909. The Labute approximate surface area is 268 Å². The van der Waals surface area contributed by atoms with Crippen LogP contribution in [0.25, 0.3) is 33.5 Å². The fourth-order valence-corrected chi connectivity index (χ4v) is 5.56. The lowest BCUT2D eigenvalue weighted by Gasteiger charge is -2.15. The Hall–Kier alpha value is -4.74. The number of aryl methyl sites for hydroxylation is 1. The Balaban J connectivity index is 1.35. The number of hydrogen-bond donors (Lipinski definition) is 1. The highest BCUT2D eigenvalue weighted by atomic mass is 79.9. The number of anilines is 1. The van der Waals surface area contributed by atoms with Crippen molar-refractivity contribution in [1.82, 2.24) is 9.66 Å². The molecular weight excluding hydrogens is 692 g/mol. The number of aromatic nitrogens is 2. The summed E-state index contributed by atoms with van der Waals surface area (Å²) in [4.78, 5) is 31.0. The fourth-order valence-electron chi connectivity index (χ4n) is 4.62. The van der Waals surface area contributed by atoms with Gasteiger partial charge in [0.15, 0.2) is 23.9 Å². The third-order valence-electron chi connectivity index (χ3n) is 6.85. The number of benzene rings is 4. The number of methoxy groups -OCH3 is 1. The number of amides is 1. The van der Waals surface area contributed by atoms with E-state index in [1.807, 2.05) is 67.6 Å². The molecule has 1 N–H and O–H groups in total. The summed E-state index contributed by atoms with van der Waals surface area (Å²) in [6.07, 6.45) is 1.51. The summed E-state index contributed by atoms with van der Waals surface area (Å²) in [6.45, 7) is 1.66. The van der Waals surface area contributed by atoms with E-state index in [9.17, 15) is 9.59 Å². The van der Waals surface area contributed by atoms with Crippen LogP contribution in [-0.2, 0) is 4.79 Å². The number of ether oxygens (including phenoxy) is 2. The molecule has 6 rings (SSSR count). The van der Waals surface area contributed by atoms with Gasteiger partial charge in [0.1, 0.15) is 5.58 Å². The Morgan fingerprint density at radius 1 is 1.02 bits per heavy atom. The van der Waals surface area contributed by atoms with Gasteiger partial charge in [-0.15, -0.1) is 0 Å². The molecule has 0 unspecified atom stereocenters. The second-order valence-electron chi connectivity index (χ2n) is 9.74. The topological polar surface area (TPSA) is 108 Å². The molecule has 0 spiro atoms. The molecule has 4 aromatic carbocycles. The zero-order valence-electron chi connectivity index (χ0n) is 23.5. The van der Waals surface area contributed by atoms with Gasteiger partial charge in [-0.2, -0.15) is 9.78 Å². The van der Waals surface area contributed by atoms with Crippen molar-refractivity contribution in [3.8, 4) is 23.1 Å². The smallest absolute Gasteiger partial charge is 0.282 e. The van der Waals surface area contributed by atoms with Gasteiger partial charge < -0.3 is 19.2 Å². The minimum absolute atomic E-state index is 0.248. The Morgan fingerprint density at radius 2 is 1.77 bits per heavy atom. The van der Waals surface area contributed by atoms with Crippen molar-refractivity contribution in [2.75, 3.05) is 19.0 Å². The maximum absolute atomic E-state index is 13.7. The van der Waals surface area contributed by atoms with Crippen LogP contribution in [0.5, 0.6) is 11.5 Å². The summed E-state index contributed by atoms with van der Waals surface area (Å²) < 4.78 is 19.8. The lowest BCUT2D eigenvalue weighted by atomic mass is 10.2. The van der Waals surface area contributed by atoms with E-state index in [-0.39, 0.29) is 23.9 Å². The van der Waals surface area contributed by atoms with Crippen LogP contribution in [-0.4, -0.2) is 35.5 Å². The third-order valence-corrected chi connectivity index (χ3v) is 9.00. The lowest BCUT2D eigenvalue weighted by molar-refractivity contribution is -0.118. The molecule has 0 saturated heterocycles. The van der Waals surface area contributed by atoms with E-state index in [2.05, 4.69) is 42.3 Å². The minimum atomic E-state index is -0.357. The summed E-state index contributed by atoms with van der Waals surface area (Å²) >= 11 is 7.14. The van der Waals surface area contributed by atoms with Crippen LogP contribution in [0.2, 0.25) is 0 Å². The van der Waals surface area contributed by atoms with Gasteiger partial charge in [0, 0.05) is 21.1 Å². The van der Waals surface area contributed by atoms with Crippen LogP contribution >= 0.6 is 31.9 Å². The van der Waals surface area contributed by atoms with Gasteiger partial charge in [0.25, 0.3) is 11.5 Å². The predicted molar refractivity (Wildman–Crippen MR) is 178 cm³/mol. The second kappa shape index (κ2) is 12.5. The number of carbonyl (C=O) groups excluding carboxylic acids is 1. The quantitative estimate of drug-likeness (QED) is 0.163. The lowest BCUT2D eigenvalue weighted by Crippen LogP contribution is -2.21. The number of fused-ring (bicyclic) bond motifs is 2. The molecule has 0 aliphatic carbocycles. The number of carbonyl (C=O) groups is 1. The van der Waals surface area contributed by atoms with Crippen LogP contribution in [0.1, 0.15) is 11.1 Å². The summed E-state index contributed by atoms with van der Waals surface area (Å²) in [5.74, 6) is 1.01. The summed E-state index contributed by atoms with van der Waals surface area (Å²) in [6, 6.07) is 25.6. The van der Waals surface area contributed by atoms with E-state index in [0.717, 1.165) is 10.9 Å². The zero-order chi connectivity index (χ0) is 30.8. The standard InChI is InChI=1S/C33H24Br2N4O5/c1-19-9-3-6-12-23(19)37-28(40)18-43-31-26(42-2)16-21(29(34)30(31)35)17-36-39-32(27-15-20-10-4-8-14-25(20)44-27)38-24-13-7-5-11-22(24)33(39)41/h3-17H,18H2,1-2H3,(H,37,40). The SMILES string of the molecule is COc1cc(C=Nn2c(-c3cc4ccccc4o3)nc3ccccc3c2=O)c(Br)c(Br)c1OCC(=O)Nc1ccccc1C. The minimum Gasteiger partial charge on any atom is -0.493 e. The highest BCUT2D eigenvalue weighted by Crippen LogP contribution is 2.42. The molecule has 2 aromatic heterocycles. The van der Waals surface area contributed by atoms with Crippen LogP contribution in [0, 0.1) is 6.92 Å². The average molecular weight is 716 g/mol. The van der Waals surface area contributed by atoms with Crippen molar-refractivity contribution in [2.45, 2.75) is 6.92 Å². The first-order valence-electron chi connectivity index (χ1n) is 13.4. The van der Waals surface area contributed by atoms with Gasteiger partial charge in [-0.25, -0.2) is 4.98 Å². The van der Waals surface area contributed by atoms with Crippen molar-refractivity contribution < 1.29 is 18.7 Å². The van der Waals surface area contributed by atoms with Crippen LogP contribution in [0.15, 0.2) is 108 Å².